The molecular formula is C12H11ClF3N3S. The second kappa shape index (κ2) is 5.04. The maximum atomic E-state index is 12.7. The Labute approximate surface area is 122 Å². The van der Waals surface area contributed by atoms with Crippen LogP contribution in [0.1, 0.15) is 12.8 Å². The molecule has 2 aromatic heterocycles. The number of fused-ring (bicyclic) bond motifs is 1. The average Bonchev–Trinajstić information content (AvgIpc) is 2.85. The number of thiophene rings is 1. The molecule has 0 unspecified atom stereocenters. The van der Waals surface area contributed by atoms with Crippen LogP contribution in [0.4, 0.5) is 19.0 Å². The lowest BCUT2D eigenvalue weighted by Crippen LogP contribution is -2.39. The molecule has 1 aliphatic rings. The zero-order valence-corrected chi connectivity index (χ0v) is 11.9. The molecule has 0 spiro atoms. The first-order valence-corrected chi connectivity index (χ1v) is 7.43. The molecule has 0 N–H and O–H groups in total. The van der Waals surface area contributed by atoms with Crippen LogP contribution in [0, 0.1) is 5.92 Å². The third kappa shape index (κ3) is 2.56. The molecule has 0 aromatic carbocycles. The maximum absolute atomic E-state index is 12.7. The van der Waals surface area contributed by atoms with E-state index in [4.69, 9.17) is 11.6 Å². The van der Waals surface area contributed by atoms with Crippen LogP contribution in [-0.2, 0) is 0 Å². The summed E-state index contributed by atoms with van der Waals surface area (Å²) in [5.74, 6) is -0.564. The Hall–Kier alpha value is -1.08. The smallest absolute Gasteiger partial charge is 0.355 e. The Kier molecular flexibility index (Phi) is 3.50. The molecule has 108 valence electrons. The fourth-order valence-electron chi connectivity index (χ4n) is 2.45. The van der Waals surface area contributed by atoms with Gasteiger partial charge in [-0.2, -0.15) is 18.2 Å². The Bertz CT molecular complexity index is 620. The number of rotatable bonds is 1. The second-order valence-corrected chi connectivity index (χ2v) is 6.01. The molecule has 3 nitrogen and oxygen atoms in total. The molecule has 0 radical (unpaired) electrons. The number of aromatic nitrogens is 2. The van der Waals surface area contributed by atoms with Crippen LogP contribution in [0.5, 0.6) is 0 Å². The van der Waals surface area contributed by atoms with Crippen molar-refractivity contribution in [2.45, 2.75) is 19.0 Å². The lowest BCUT2D eigenvalue weighted by atomic mass is 9.96. The van der Waals surface area contributed by atoms with Crippen LogP contribution >= 0.6 is 22.9 Å². The van der Waals surface area contributed by atoms with Crippen molar-refractivity contribution >= 4 is 39.0 Å². The van der Waals surface area contributed by atoms with Crippen molar-refractivity contribution in [1.82, 2.24) is 9.97 Å². The Balaban J connectivity index is 1.85. The second-order valence-electron chi connectivity index (χ2n) is 4.75. The van der Waals surface area contributed by atoms with Crippen LogP contribution in [0.25, 0.3) is 10.2 Å². The van der Waals surface area contributed by atoms with E-state index < -0.39 is 12.1 Å². The first-order valence-electron chi connectivity index (χ1n) is 6.17. The zero-order chi connectivity index (χ0) is 14.3. The zero-order valence-electron chi connectivity index (χ0n) is 10.3. The van der Waals surface area contributed by atoms with Crippen LogP contribution in [0.15, 0.2) is 11.4 Å². The van der Waals surface area contributed by atoms with E-state index in [0.717, 1.165) is 10.2 Å². The predicted molar refractivity (Wildman–Crippen MR) is 73.4 cm³/mol. The van der Waals surface area contributed by atoms with E-state index >= 15 is 0 Å². The summed E-state index contributed by atoms with van der Waals surface area (Å²) in [4.78, 5) is 10.2. The van der Waals surface area contributed by atoms with Crippen LogP contribution in [0.3, 0.4) is 0 Å². The van der Waals surface area contributed by atoms with Crippen molar-refractivity contribution < 1.29 is 13.2 Å². The molecule has 0 atom stereocenters. The highest BCUT2D eigenvalue weighted by atomic mass is 35.5. The van der Waals surface area contributed by atoms with Gasteiger partial charge in [-0.1, -0.05) is 0 Å². The van der Waals surface area contributed by atoms with E-state index in [1.54, 1.807) is 0 Å². The van der Waals surface area contributed by atoms with Crippen molar-refractivity contribution in [3.8, 4) is 0 Å². The lowest BCUT2D eigenvalue weighted by molar-refractivity contribution is -0.179. The largest absolute Gasteiger partial charge is 0.391 e. The normalized spacial score (nSPS) is 17.9. The fourth-order valence-corrected chi connectivity index (χ4v) is 3.47. The summed E-state index contributed by atoms with van der Waals surface area (Å²) in [5.41, 5.74) is 0.739. The van der Waals surface area contributed by atoms with Crippen LogP contribution in [0.2, 0.25) is 5.28 Å². The van der Waals surface area contributed by atoms with Gasteiger partial charge in [0.25, 0.3) is 0 Å². The maximum Gasteiger partial charge on any atom is 0.391 e. The molecule has 0 amide bonds. The minimum atomic E-state index is -4.10. The van der Waals surface area contributed by atoms with Gasteiger partial charge in [0.05, 0.1) is 16.1 Å². The fraction of sp³-hybridized carbons (Fsp3) is 0.500. The van der Waals surface area contributed by atoms with Crippen molar-refractivity contribution in [1.29, 1.82) is 0 Å². The third-order valence-electron chi connectivity index (χ3n) is 3.52. The molecule has 2 aromatic rings. The van der Waals surface area contributed by atoms with Gasteiger partial charge in [-0.3, -0.25) is 0 Å². The van der Waals surface area contributed by atoms with Gasteiger partial charge in [0.2, 0.25) is 5.28 Å². The van der Waals surface area contributed by atoms with Gasteiger partial charge in [0.1, 0.15) is 0 Å². The number of piperidine rings is 1. The number of alkyl halides is 3. The summed E-state index contributed by atoms with van der Waals surface area (Å²) in [6.07, 6.45) is -3.91. The summed E-state index contributed by atoms with van der Waals surface area (Å²) in [6, 6.07) is 1.83. The molecule has 0 bridgehead atoms. The SMILES string of the molecule is FC(F)(F)C1CCN(c2nc(Cl)nc3ccsc23)CC1. The topological polar surface area (TPSA) is 29.0 Å². The summed E-state index contributed by atoms with van der Waals surface area (Å²) in [7, 11) is 0. The Morgan fingerprint density at radius 1 is 1.25 bits per heavy atom. The highest BCUT2D eigenvalue weighted by molar-refractivity contribution is 7.17. The number of nitrogens with zero attached hydrogens (tertiary/aromatic N) is 3. The first-order chi connectivity index (χ1) is 9.45. The van der Waals surface area contributed by atoms with Crippen LogP contribution < -0.4 is 4.90 Å². The number of anilines is 1. The van der Waals surface area contributed by atoms with E-state index in [2.05, 4.69) is 9.97 Å². The number of hydrogen-bond donors (Lipinski definition) is 0. The standard InChI is InChI=1S/C12H11ClF3N3S/c13-11-17-8-3-6-20-9(8)10(18-11)19-4-1-7(2-5-19)12(14,15)16/h3,6-7H,1-2,4-5H2. The van der Waals surface area contributed by atoms with Gasteiger partial charge in [-0.25, -0.2) is 4.98 Å². The monoisotopic (exact) mass is 321 g/mol. The molecule has 8 heteroatoms. The molecule has 0 aliphatic carbocycles. The van der Waals surface area contributed by atoms with Crippen molar-refractivity contribution in [2.24, 2.45) is 5.92 Å². The average molecular weight is 322 g/mol. The molecular weight excluding hydrogens is 311 g/mol. The molecule has 0 saturated carbocycles. The van der Waals surface area contributed by atoms with Gasteiger partial charge in [0, 0.05) is 13.1 Å². The molecule has 3 heterocycles. The summed E-state index contributed by atoms with van der Waals surface area (Å²) < 4.78 is 38.9. The lowest BCUT2D eigenvalue weighted by Gasteiger charge is -2.33. The van der Waals surface area contributed by atoms with E-state index in [1.807, 2.05) is 16.3 Å². The highest BCUT2D eigenvalue weighted by Gasteiger charge is 2.41. The van der Waals surface area contributed by atoms with Gasteiger partial charge >= 0.3 is 6.18 Å². The number of halogens is 4. The van der Waals surface area contributed by atoms with Crippen molar-refractivity contribution in [3.05, 3.63) is 16.7 Å². The van der Waals surface area contributed by atoms with Gasteiger partial charge in [0.15, 0.2) is 5.82 Å². The minimum absolute atomic E-state index is 0.0952. The van der Waals surface area contributed by atoms with Gasteiger partial charge in [-0.05, 0) is 35.9 Å². The van der Waals surface area contributed by atoms with E-state index in [-0.39, 0.29) is 18.1 Å². The quantitative estimate of drug-likeness (QED) is 0.740. The molecule has 1 aliphatic heterocycles. The first kappa shape index (κ1) is 13.9. The summed E-state index contributed by atoms with van der Waals surface area (Å²) in [5, 5.41) is 2.01. The van der Waals surface area contributed by atoms with E-state index in [0.29, 0.717) is 18.9 Å². The molecule has 3 rings (SSSR count). The Morgan fingerprint density at radius 2 is 1.95 bits per heavy atom. The minimum Gasteiger partial charge on any atom is -0.355 e. The van der Waals surface area contributed by atoms with Crippen LogP contribution in [-0.4, -0.2) is 29.2 Å². The third-order valence-corrected chi connectivity index (χ3v) is 4.58. The summed E-state index contributed by atoms with van der Waals surface area (Å²) in [6.45, 7) is 0.676. The molecule has 1 saturated heterocycles. The Morgan fingerprint density at radius 3 is 2.60 bits per heavy atom. The van der Waals surface area contributed by atoms with Gasteiger partial charge < -0.3 is 4.90 Å². The highest BCUT2D eigenvalue weighted by Crippen LogP contribution is 2.37. The molecule has 20 heavy (non-hydrogen) atoms. The van der Waals surface area contributed by atoms with Crippen molar-refractivity contribution in [2.75, 3.05) is 18.0 Å². The van der Waals surface area contributed by atoms with Crippen molar-refractivity contribution in [3.63, 3.8) is 0 Å². The molecule has 1 fully saturated rings. The summed E-state index contributed by atoms with van der Waals surface area (Å²) >= 11 is 7.35. The van der Waals surface area contributed by atoms with E-state index in [9.17, 15) is 13.2 Å². The number of hydrogen-bond acceptors (Lipinski definition) is 4. The van der Waals surface area contributed by atoms with E-state index in [1.165, 1.54) is 11.3 Å². The van der Waals surface area contributed by atoms with Gasteiger partial charge in [-0.15, -0.1) is 11.3 Å². The predicted octanol–water partition coefficient (Wildman–Crippen LogP) is 4.12.